The van der Waals surface area contributed by atoms with Gasteiger partial charge < -0.3 is 8.92 Å². The van der Waals surface area contributed by atoms with Gasteiger partial charge in [0.1, 0.15) is 5.56 Å². The molecular formula is C12H11F3O6S. The topological polar surface area (TPSA) is 86.7 Å². The van der Waals surface area contributed by atoms with Gasteiger partial charge in [0.25, 0.3) is 0 Å². The zero-order valence-electron chi connectivity index (χ0n) is 11.6. The zero-order chi connectivity index (χ0) is 17.3. The van der Waals surface area contributed by atoms with Crippen LogP contribution in [0.15, 0.2) is 12.1 Å². The van der Waals surface area contributed by atoms with E-state index in [2.05, 4.69) is 8.92 Å². The molecule has 0 heterocycles. The summed E-state index contributed by atoms with van der Waals surface area (Å²) < 4.78 is 67.7. The Bertz CT molecular complexity index is 721. The van der Waals surface area contributed by atoms with Crippen LogP contribution in [-0.4, -0.2) is 32.8 Å². The molecule has 1 rings (SSSR count). The number of hydrogen-bond acceptors (Lipinski definition) is 6. The fraction of sp³-hybridized carbons (Fsp3) is 0.333. The summed E-state index contributed by atoms with van der Waals surface area (Å²) in [5.74, 6) is -2.45. The monoisotopic (exact) mass is 340 g/mol. The lowest BCUT2D eigenvalue weighted by atomic mass is 10.0. The predicted octanol–water partition coefficient (Wildman–Crippen LogP) is 2.21. The quantitative estimate of drug-likeness (QED) is 0.361. The molecule has 0 bridgehead atoms. The van der Waals surface area contributed by atoms with E-state index >= 15 is 0 Å². The summed E-state index contributed by atoms with van der Waals surface area (Å²) >= 11 is 0. The van der Waals surface area contributed by atoms with Crippen LogP contribution in [0.4, 0.5) is 13.2 Å². The van der Waals surface area contributed by atoms with Gasteiger partial charge in [-0.25, -0.2) is 4.79 Å². The number of carbonyl (C=O) groups is 2. The molecule has 0 amide bonds. The van der Waals surface area contributed by atoms with Gasteiger partial charge in [0.2, 0.25) is 0 Å². The molecule has 22 heavy (non-hydrogen) atoms. The van der Waals surface area contributed by atoms with Gasteiger partial charge in [-0.15, -0.1) is 0 Å². The summed E-state index contributed by atoms with van der Waals surface area (Å²) in [6, 6.07) is 2.01. The fourth-order valence-electron chi connectivity index (χ4n) is 1.51. The van der Waals surface area contributed by atoms with Crippen LogP contribution in [0.3, 0.4) is 0 Å². The van der Waals surface area contributed by atoms with Crippen molar-refractivity contribution in [3.05, 3.63) is 28.8 Å². The number of aryl methyl sites for hydroxylation is 1. The highest BCUT2D eigenvalue weighted by Gasteiger charge is 2.49. The lowest BCUT2D eigenvalue weighted by Crippen LogP contribution is -2.29. The summed E-state index contributed by atoms with van der Waals surface area (Å²) in [6.07, 6.45) is 0. The standard InChI is InChI=1S/C12H11F3O6S/c1-6-4-8(7(2)16)5-9(11(17)20-3)10(6)21-22(18,19)12(13,14)15/h4-5H,1-3H3. The molecule has 0 aliphatic carbocycles. The van der Waals surface area contributed by atoms with Crippen molar-refractivity contribution in [2.24, 2.45) is 0 Å². The predicted molar refractivity (Wildman–Crippen MR) is 68.1 cm³/mol. The molecule has 0 saturated heterocycles. The lowest BCUT2D eigenvalue weighted by molar-refractivity contribution is -0.0500. The Kier molecular flexibility index (Phi) is 4.86. The van der Waals surface area contributed by atoms with E-state index in [0.717, 1.165) is 19.2 Å². The number of benzene rings is 1. The molecule has 0 spiro atoms. The number of rotatable bonds is 4. The van der Waals surface area contributed by atoms with Crippen LogP contribution in [-0.2, 0) is 14.9 Å². The highest BCUT2D eigenvalue weighted by molar-refractivity contribution is 7.88. The number of methoxy groups -OCH3 is 1. The van der Waals surface area contributed by atoms with Crippen LogP contribution in [0.25, 0.3) is 0 Å². The van der Waals surface area contributed by atoms with Crippen molar-refractivity contribution in [1.82, 2.24) is 0 Å². The van der Waals surface area contributed by atoms with Gasteiger partial charge >= 0.3 is 21.6 Å². The molecule has 0 N–H and O–H groups in total. The maximum atomic E-state index is 12.4. The molecular weight excluding hydrogens is 329 g/mol. The third kappa shape index (κ3) is 3.56. The first-order chi connectivity index (χ1) is 9.90. The van der Waals surface area contributed by atoms with Crippen LogP contribution >= 0.6 is 0 Å². The minimum absolute atomic E-state index is 0.00495. The third-order valence-electron chi connectivity index (χ3n) is 2.56. The summed E-state index contributed by atoms with van der Waals surface area (Å²) in [4.78, 5) is 22.9. The second-order valence-corrected chi connectivity index (χ2v) is 5.74. The Morgan fingerprint density at radius 2 is 1.73 bits per heavy atom. The second-order valence-electron chi connectivity index (χ2n) is 4.20. The number of alkyl halides is 3. The normalized spacial score (nSPS) is 11.9. The minimum atomic E-state index is -5.96. The molecule has 0 saturated carbocycles. The van der Waals surface area contributed by atoms with Gasteiger partial charge in [-0.2, -0.15) is 21.6 Å². The van der Waals surface area contributed by atoms with Gasteiger partial charge in [-0.05, 0) is 31.5 Å². The number of carbonyl (C=O) groups excluding carboxylic acids is 2. The van der Waals surface area contributed by atoms with Crippen LogP contribution in [0.5, 0.6) is 5.75 Å². The van der Waals surface area contributed by atoms with E-state index in [0.29, 0.717) is 0 Å². The highest BCUT2D eigenvalue weighted by Crippen LogP contribution is 2.32. The van der Waals surface area contributed by atoms with Crippen molar-refractivity contribution in [3.63, 3.8) is 0 Å². The van der Waals surface area contributed by atoms with Crippen LogP contribution in [0.2, 0.25) is 0 Å². The Labute approximate surface area is 124 Å². The largest absolute Gasteiger partial charge is 0.534 e. The molecule has 0 aromatic heterocycles. The molecule has 0 fully saturated rings. The van der Waals surface area contributed by atoms with Crippen LogP contribution < -0.4 is 4.18 Å². The average molecular weight is 340 g/mol. The highest BCUT2D eigenvalue weighted by atomic mass is 32.2. The molecule has 122 valence electrons. The summed E-state index contributed by atoms with van der Waals surface area (Å²) in [7, 11) is -5.02. The molecule has 10 heteroatoms. The van der Waals surface area contributed by atoms with Gasteiger partial charge in [0.15, 0.2) is 11.5 Å². The molecule has 0 unspecified atom stereocenters. The van der Waals surface area contributed by atoms with E-state index in [1.54, 1.807) is 0 Å². The first kappa shape index (κ1) is 18.0. The fourth-order valence-corrected chi connectivity index (χ4v) is 2.04. The van der Waals surface area contributed by atoms with Crippen LogP contribution in [0.1, 0.15) is 33.2 Å². The zero-order valence-corrected chi connectivity index (χ0v) is 12.5. The van der Waals surface area contributed by atoms with Gasteiger partial charge in [0.05, 0.1) is 7.11 Å². The average Bonchev–Trinajstić information content (AvgIpc) is 2.38. The Morgan fingerprint density at radius 3 is 2.14 bits per heavy atom. The molecule has 0 atom stereocenters. The van der Waals surface area contributed by atoms with E-state index in [1.165, 1.54) is 13.8 Å². The molecule has 1 aromatic carbocycles. The van der Waals surface area contributed by atoms with E-state index in [-0.39, 0.29) is 11.1 Å². The van der Waals surface area contributed by atoms with Gasteiger partial charge in [-0.3, -0.25) is 4.79 Å². The Hall–Kier alpha value is -2.10. The van der Waals surface area contributed by atoms with Crippen molar-refractivity contribution in [3.8, 4) is 5.75 Å². The van der Waals surface area contributed by atoms with Gasteiger partial charge in [-0.1, -0.05) is 0 Å². The molecule has 0 radical (unpaired) electrons. The minimum Gasteiger partial charge on any atom is -0.465 e. The molecule has 0 aliphatic heterocycles. The maximum Gasteiger partial charge on any atom is 0.534 e. The van der Waals surface area contributed by atoms with E-state index in [9.17, 15) is 31.2 Å². The first-order valence-electron chi connectivity index (χ1n) is 5.65. The second kappa shape index (κ2) is 5.95. The first-order valence-corrected chi connectivity index (χ1v) is 7.06. The molecule has 0 aliphatic rings. The SMILES string of the molecule is COC(=O)c1cc(C(C)=O)cc(C)c1OS(=O)(=O)C(F)(F)F. The number of halogens is 3. The summed E-state index contributed by atoms with van der Waals surface area (Å²) in [6.45, 7) is 2.36. The van der Waals surface area contributed by atoms with Crippen molar-refractivity contribution in [2.45, 2.75) is 19.4 Å². The smallest absolute Gasteiger partial charge is 0.465 e. The van der Waals surface area contributed by atoms with Crippen LogP contribution in [0, 0.1) is 6.92 Å². The Morgan fingerprint density at radius 1 is 1.18 bits per heavy atom. The Balaban J connectivity index is 3.54. The van der Waals surface area contributed by atoms with Gasteiger partial charge in [0, 0.05) is 5.56 Å². The lowest BCUT2D eigenvalue weighted by Gasteiger charge is -2.15. The summed E-state index contributed by atoms with van der Waals surface area (Å²) in [5, 5.41) is 0. The number of ether oxygens (including phenoxy) is 1. The maximum absolute atomic E-state index is 12.4. The number of ketones is 1. The van der Waals surface area contributed by atoms with E-state index in [4.69, 9.17) is 0 Å². The third-order valence-corrected chi connectivity index (χ3v) is 3.52. The number of Topliss-reactive ketones (excluding diaryl/α,β-unsaturated/α-hetero) is 1. The van der Waals surface area contributed by atoms with Crippen molar-refractivity contribution < 1.29 is 40.1 Å². The molecule has 6 nitrogen and oxygen atoms in total. The van der Waals surface area contributed by atoms with Crippen molar-refractivity contribution >= 4 is 21.9 Å². The van der Waals surface area contributed by atoms with E-state index < -0.39 is 38.7 Å². The molecule has 1 aromatic rings. The summed E-state index contributed by atoms with van der Waals surface area (Å²) in [5.41, 5.74) is -6.40. The number of hydrogen-bond donors (Lipinski definition) is 0. The van der Waals surface area contributed by atoms with E-state index in [1.807, 2.05) is 0 Å². The number of esters is 1. The van der Waals surface area contributed by atoms with Crippen molar-refractivity contribution in [2.75, 3.05) is 7.11 Å². The van der Waals surface area contributed by atoms with Crippen molar-refractivity contribution in [1.29, 1.82) is 0 Å².